The van der Waals surface area contributed by atoms with Gasteiger partial charge in [0, 0.05) is 23.4 Å². The number of hydrogen-bond acceptors (Lipinski definition) is 2. The molecule has 0 aliphatic rings. The van der Waals surface area contributed by atoms with Crippen LogP contribution in [0.4, 0.5) is 0 Å². The highest BCUT2D eigenvalue weighted by Gasteiger charge is 2.11. The number of nitrogens with zero attached hydrogens (tertiary/aromatic N) is 3. The fourth-order valence-electron chi connectivity index (χ4n) is 2.50. The largest absolute Gasteiger partial charge is 0.228 e. The SMILES string of the molecule is c1ccc(-c2cn3nccc3nc2-c2ccccc2)cc1. The molecule has 2 aromatic heterocycles. The second kappa shape index (κ2) is 4.87. The first-order valence-corrected chi connectivity index (χ1v) is 6.87. The lowest BCUT2D eigenvalue weighted by molar-refractivity contribution is 0.943. The highest BCUT2D eigenvalue weighted by Crippen LogP contribution is 2.30. The Balaban J connectivity index is 2.03. The van der Waals surface area contributed by atoms with Crippen LogP contribution in [-0.4, -0.2) is 14.6 Å². The highest BCUT2D eigenvalue weighted by molar-refractivity contribution is 5.81. The number of benzene rings is 2. The van der Waals surface area contributed by atoms with Crippen LogP contribution in [0.1, 0.15) is 0 Å². The maximum absolute atomic E-state index is 4.78. The lowest BCUT2D eigenvalue weighted by Crippen LogP contribution is -1.96. The number of hydrogen-bond donors (Lipinski definition) is 0. The summed E-state index contributed by atoms with van der Waals surface area (Å²) in [5, 5.41) is 4.29. The standard InChI is InChI=1S/C18H13N3/c1-3-7-14(8-4-1)16-13-21-17(11-12-19-21)20-18(16)15-9-5-2-6-10-15/h1-13H. The van der Waals surface area contributed by atoms with Gasteiger partial charge in [0.2, 0.25) is 0 Å². The number of fused-ring (bicyclic) bond motifs is 1. The highest BCUT2D eigenvalue weighted by atomic mass is 15.2. The van der Waals surface area contributed by atoms with Gasteiger partial charge in [0.25, 0.3) is 0 Å². The maximum atomic E-state index is 4.78. The van der Waals surface area contributed by atoms with Crippen LogP contribution in [0.2, 0.25) is 0 Å². The van der Waals surface area contributed by atoms with Crippen molar-refractivity contribution in [1.82, 2.24) is 14.6 Å². The monoisotopic (exact) mass is 271 g/mol. The van der Waals surface area contributed by atoms with Gasteiger partial charge in [-0.25, -0.2) is 9.50 Å². The van der Waals surface area contributed by atoms with E-state index in [-0.39, 0.29) is 0 Å². The predicted molar refractivity (Wildman–Crippen MR) is 83.9 cm³/mol. The molecule has 3 nitrogen and oxygen atoms in total. The molecule has 0 spiro atoms. The van der Waals surface area contributed by atoms with Gasteiger partial charge in [0.05, 0.1) is 11.9 Å². The van der Waals surface area contributed by atoms with Gasteiger partial charge in [0.15, 0.2) is 5.65 Å². The summed E-state index contributed by atoms with van der Waals surface area (Å²) in [7, 11) is 0. The van der Waals surface area contributed by atoms with Crippen LogP contribution < -0.4 is 0 Å². The zero-order valence-corrected chi connectivity index (χ0v) is 11.3. The molecule has 0 N–H and O–H groups in total. The summed E-state index contributed by atoms with van der Waals surface area (Å²) in [6, 6.07) is 22.5. The van der Waals surface area contributed by atoms with Crippen molar-refractivity contribution in [1.29, 1.82) is 0 Å². The summed E-state index contributed by atoms with van der Waals surface area (Å²) >= 11 is 0. The maximum Gasteiger partial charge on any atom is 0.155 e. The molecule has 3 heteroatoms. The summed E-state index contributed by atoms with van der Waals surface area (Å²) in [6.45, 7) is 0. The molecule has 21 heavy (non-hydrogen) atoms. The molecular weight excluding hydrogens is 258 g/mol. The molecule has 2 heterocycles. The third-order valence-electron chi connectivity index (χ3n) is 3.51. The fraction of sp³-hybridized carbons (Fsp3) is 0. The summed E-state index contributed by atoms with van der Waals surface area (Å²) in [6.07, 6.45) is 3.81. The lowest BCUT2D eigenvalue weighted by atomic mass is 10.0. The van der Waals surface area contributed by atoms with E-state index in [9.17, 15) is 0 Å². The van der Waals surface area contributed by atoms with E-state index in [1.54, 1.807) is 6.20 Å². The molecule has 0 fully saturated rings. The molecule has 2 aromatic carbocycles. The Kier molecular flexibility index (Phi) is 2.75. The van der Waals surface area contributed by atoms with Crippen molar-refractivity contribution in [2.75, 3.05) is 0 Å². The Morgan fingerprint density at radius 3 is 2.10 bits per heavy atom. The lowest BCUT2D eigenvalue weighted by Gasteiger charge is -2.10. The summed E-state index contributed by atoms with van der Waals surface area (Å²) in [5.41, 5.74) is 5.17. The summed E-state index contributed by atoms with van der Waals surface area (Å²) in [5.74, 6) is 0. The van der Waals surface area contributed by atoms with Gasteiger partial charge in [0.1, 0.15) is 0 Å². The van der Waals surface area contributed by atoms with Gasteiger partial charge >= 0.3 is 0 Å². The van der Waals surface area contributed by atoms with Crippen LogP contribution in [-0.2, 0) is 0 Å². The average molecular weight is 271 g/mol. The second-order valence-corrected chi connectivity index (χ2v) is 4.87. The van der Waals surface area contributed by atoms with Crippen molar-refractivity contribution in [2.24, 2.45) is 0 Å². The van der Waals surface area contributed by atoms with E-state index in [0.717, 1.165) is 28.0 Å². The molecule has 0 unspecified atom stereocenters. The minimum atomic E-state index is 0.855. The topological polar surface area (TPSA) is 30.2 Å². The molecule has 4 aromatic rings. The molecule has 0 amide bonds. The first-order valence-electron chi connectivity index (χ1n) is 6.87. The Bertz CT molecular complexity index is 807. The zero-order valence-electron chi connectivity index (χ0n) is 11.3. The van der Waals surface area contributed by atoms with Crippen molar-refractivity contribution < 1.29 is 0 Å². The molecule has 0 radical (unpaired) electrons. The Morgan fingerprint density at radius 1 is 0.714 bits per heavy atom. The van der Waals surface area contributed by atoms with Crippen LogP contribution >= 0.6 is 0 Å². The van der Waals surface area contributed by atoms with E-state index in [0.29, 0.717) is 0 Å². The molecule has 0 atom stereocenters. The van der Waals surface area contributed by atoms with Crippen LogP contribution in [0.5, 0.6) is 0 Å². The molecule has 100 valence electrons. The predicted octanol–water partition coefficient (Wildman–Crippen LogP) is 4.06. The van der Waals surface area contributed by atoms with E-state index in [2.05, 4.69) is 29.4 Å². The fourth-order valence-corrected chi connectivity index (χ4v) is 2.50. The van der Waals surface area contributed by atoms with Crippen LogP contribution in [0.25, 0.3) is 28.0 Å². The molecular formula is C18H13N3. The number of aromatic nitrogens is 3. The van der Waals surface area contributed by atoms with E-state index < -0.39 is 0 Å². The third-order valence-corrected chi connectivity index (χ3v) is 3.51. The van der Waals surface area contributed by atoms with Gasteiger partial charge in [-0.15, -0.1) is 0 Å². The van der Waals surface area contributed by atoms with Crippen molar-refractivity contribution in [2.45, 2.75) is 0 Å². The van der Waals surface area contributed by atoms with Crippen molar-refractivity contribution >= 4 is 5.65 Å². The van der Waals surface area contributed by atoms with Crippen LogP contribution in [0.3, 0.4) is 0 Å². The van der Waals surface area contributed by atoms with Gasteiger partial charge < -0.3 is 0 Å². The molecule has 0 aliphatic carbocycles. The van der Waals surface area contributed by atoms with Gasteiger partial charge in [-0.2, -0.15) is 5.10 Å². The van der Waals surface area contributed by atoms with Gasteiger partial charge in [-0.05, 0) is 5.56 Å². The minimum Gasteiger partial charge on any atom is -0.228 e. The van der Waals surface area contributed by atoms with E-state index >= 15 is 0 Å². The molecule has 0 aliphatic heterocycles. The van der Waals surface area contributed by atoms with E-state index in [4.69, 9.17) is 4.98 Å². The number of rotatable bonds is 2. The first kappa shape index (κ1) is 11.9. The Hall–Kier alpha value is -2.94. The summed E-state index contributed by atoms with van der Waals surface area (Å²) < 4.78 is 1.81. The quantitative estimate of drug-likeness (QED) is 0.550. The Labute approximate surface area is 122 Å². The van der Waals surface area contributed by atoms with E-state index in [1.807, 2.05) is 53.2 Å². The average Bonchev–Trinajstić information content (AvgIpc) is 3.03. The second-order valence-electron chi connectivity index (χ2n) is 4.87. The van der Waals surface area contributed by atoms with Gasteiger partial charge in [-0.3, -0.25) is 0 Å². The van der Waals surface area contributed by atoms with Crippen LogP contribution in [0, 0.1) is 0 Å². The van der Waals surface area contributed by atoms with Gasteiger partial charge in [-0.1, -0.05) is 60.7 Å². The van der Waals surface area contributed by atoms with Crippen LogP contribution in [0.15, 0.2) is 79.1 Å². The first-order chi connectivity index (χ1) is 10.4. The molecule has 4 rings (SSSR count). The third kappa shape index (κ3) is 2.09. The van der Waals surface area contributed by atoms with E-state index in [1.165, 1.54) is 0 Å². The molecule has 0 saturated heterocycles. The molecule has 0 bridgehead atoms. The van der Waals surface area contributed by atoms with Crippen molar-refractivity contribution in [3.05, 3.63) is 79.1 Å². The Morgan fingerprint density at radius 2 is 1.38 bits per heavy atom. The van der Waals surface area contributed by atoms with Crippen molar-refractivity contribution in [3.8, 4) is 22.4 Å². The van der Waals surface area contributed by atoms with Crippen molar-refractivity contribution in [3.63, 3.8) is 0 Å². The summed E-state index contributed by atoms with van der Waals surface area (Å²) in [4.78, 5) is 4.78. The minimum absolute atomic E-state index is 0.855. The zero-order chi connectivity index (χ0) is 14.1. The molecule has 0 saturated carbocycles. The smallest absolute Gasteiger partial charge is 0.155 e. The normalized spacial score (nSPS) is 10.9.